The van der Waals surface area contributed by atoms with E-state index in [0.29, 0.717) is 0 Å². The van der Waals surface area contributed by atoms with Gasteiger partial charge in [-0.1, -0.05) is 41.9 Å². The highest BCUT2D eigenvalue weighted by atomic mass is 35.5. The van der Waals surface area contributed by atoms with Crippen LogP contribution in [0.3, 0.4) is 0 Å². The molecule has 0 saturated carbocycles. The van der Waals surface area contributed by atoms with Crippen molar-refractivity contribution in [2.24, 2.45) is 4.99 Å². The molecule has 12 heavy (non-hydrogen) atoms. The predicted molar refractivity (Wildman–Crippen MR) is 48.4 cm³/mol. The molecule has 0 radical (unpaired) electrons. The van der Waals surface area contributed by atoms with Crippen LogP contribution < -0.4 is 0 Å². The summed E-state index contributed by atoms with van der Waals surface area (Å²) >= 11 is 5.55. The highest BCUT2D eigenvalue weighted by Gasteiger charge is 1.88. The molecule has 0 heterocycles. The largest absolute Gasteiger partial charge is 0.241 e. The molecule has 0 unspecified atom stereocenters. The van der Waals surface area contributed by atoms with Gasteiger partial charge in [0.15, 0.2) is 0 Å². The lowest BCUT2D eigenvalue weighted by molar-refractivity contribution is 0.565. The minimum Gasteiger partial charge on any atom is -0.211 e. The summed E-state index contributed by atoms with van der Waals surface area (Å²) in [6.45, 7) is 0. The number of isocyanates is 1. The van der Waals surface area contributed by atoms with Crippen LogP contribution >= 0.6 is 11.6 Å². The first-order valence-electron chi connectivity index (χ1n) is 3.33. The van der Waals surface area contributed by atoms with Gasteiger partial charge in [0.25, 0.3) is 0 Å². The van der Waals surface area contributed by atoms with Crippen molar-refractivity contribution in [3.63, 3.8) is 0 Å². The van der Waals surface area contributed by atoms with Crippen LogP contribution in [0.4, 0.5) is 0 Å². The van der Waals surface area contributed by atoms with E-state index in [1.807, 2.05) is 30.3 Å². The number of carbonyl (C=O) groups excluding carboxylic acids is 1. The molecule has 3 heteroatoms. The Hall–Kier alpha value is -1.37. The average Bonchev–Trinajstić information content (AvgIpc) is 2.06. The fourth-order valence-corrected chi connectivity index (χ4v) is 0.923. The lowest BCUT2D eigenvalue weighted by Crippen LogP contribution is -1.70. The van der Waals surface area contributed by atoms with Gasteiger partial charge >= 0.3 is 0 Å². The van der Waals surface area contributed by atoms with Crippen molar-refractivity contribution in [2.45, 2.75) is 0 Å². The Morgan fingerprint density at radius 2 is 2.08 bits per heavy atom. The molecule has 1 aromatic rings. The van der Waals surface area contributed by atoms with E-state index in [0.717, 1.165) is 5.56 Å². The summed E-state index contributed by atoms with van der Waals surface area (Å²) in [7, 11) is 0. The second-order valence-corrected chi connectivity index (χ2v) is 2.47. The van der Waals surface area contributed by atoms with Gasteiger partial charge in [-0.15, -0.1) is 0 Å². The van der Waals surface area contributed by atoms with Gasteiger partial charge in [-0.2, -0.15) is 4.99 Å². The van der Waals surface area contributed by atoms with E-state index in [4.69, 9.17) is 11.6 Å². The van der Waals surface area contributed by atoms with Gasteiger partial charge < -0.3 is 0 Å². The summed E-state index contributed by atoms with van der Waals surface area (Å²) in [5, 5.41) is 0.135. The number of hydrogen-bond acceptors (Lipinski definition) is 2. The molecule has 0 bridgehead atoms. The third kappa shape index (κ3) is 2.70. The minimum atomic E-state index is 0.135. The van der Waals surface area contributed by atoms with Crippen molar-refractivity contribution < 1.29 is 4.79 Å². The van der Waals surface area contributed by atoms with Gasteiger partial charge in [0.1, 0.15) is 5.16 Å². The molecule has 2 nitrogen and oxygen atoms in total. The van der Waals surface area contributed by atoms with Gasteiger partial charge in [0.2, 0.25) is 6.08 Å². The van der Waals surface area contributed by atoms with Gasteiger partial charge in [-0.05, 0) is 11.6 Å². The normalized spacial score (nSPS) is 10.6. The van der Waals surface area contributed by atoms with Crippen molar-refractivity contribution in [3.05, 3.63) is 41.1 Å². The van der Waals surface area contributed by atoms with Crippen LogP contribution in [0.5, 0.6) is 0 Å². The fourth-order valence-electron chi connectivity index (χ4n) is 0.763. The van der Waals surface area contributed by atoms with Crippen LogP contribution in [0.15, 0.2) is 40.5 Å². The Morgan fingerprint density at radius 1 is 1.42 bits per heavy atom. The molecule has 0 spiro atoms. The molecule has 0 fully saturated rings. The number of benzene rings is 1. The van der Waals surface area contributed by atoms with E-state index in [1.54, 1.807) is 6.08 Å². The second kappa shape index (κ2) is 4.50. The standard InChI is InChI=1S/C9H6ClNO/c10-9(11-7-12)6-8-4-2-1-3-5-8/h1-6H/b9-6+. The molecule has 1 rings (SSSR count). The first kappa shape index (κ1) is 8.72. The summed E-state index contributed by atoms with van der Waals surface area (Å²) in [4.78, 5) is 13.0. The number of hydrogen-bond donors (Lipinski definition) is 0. The van der Waals surface area contributed by atoms with Crippen LogP contribution in [0.2, 0.25) is 0 Å². The summed E-state index contributed by atoms with van der Waals surface area (Å²) in [5.41, 5.74) is 0.904. The Morgan fingerprint density at radius 3 is 2.67 bits per heavy atom. The molecule has 0 N–H and O–H groups in total. The number of halogens is 1. The third-order valence-electron chi connectivity index (χ3n) is 1.24. The van der Waals surface area contributed by atoms with Crippen LogP contribution in [0.1, 0.15) is 5.56 Å². The van der Waals surface area contributed by atoms with E-state index < -0.39 is 0 Å². The molecule has 60 valence electrons. The van der Waals surface area contributed by atoms with E-state index in [1.165, 1.54) is 6.08 Å². The lowest BCUT2D eigenvalue weighted by atomic mass is 10.2. The van der Waals surface area contributed by atoms with E-state index >= 15 is 0 Å². The third-order valence-corrected chi connectivity index (χ3v) is 1.43. The Kier molecular flexibility index (Phi) is 3.27. The molecule has 0 aliphatic carbocycles. The van der Waals surface area contributed by atoms with E-state index in [9.17, 15) is 4.79 Å². The number of rotatable bonds is 2. The van der Waals surface area contributed by atoms with Crippen molar-refractivity contribution in [1.82, 2.24) is 0 Å². The fraction of sp³-hybridized carbons (Fsp3) is 0. The Labute approximate surface area is 75.2 Å². The molecular weight excluding hydrogens is 174 g/mol. The molecule has 0 saturated heterocycles. The topological polar surface area (TPSA) is 29.4 Å². The van der Waals surface area contributed by atoms with Crippen LogP contribution in [0.25, 0.3) is 6.08 Å². The van der Waals surface area contributed by atoms with E-state index in [-0.39, 0.29) is 5.16 Å². The van der Waals surface area contributed by atoms with Crippen molar-refractivity contribution in [3.8, 4) is 0 Å². The molecule has 0 amide bonds. The van der Waals surface area contributed by atoms with Crippen molar-refractivity contribution in [1.29, 1.82) is 0 Å². The average molecular weight is 180 g/mol. The zero-order chi connectivity index (χ0) is 8.81. The monoisotopic (exact) mass is 179 g/mol. The molecule has 0 aliphatic rings. The summed E-state index contributed by atoms with van der Waals surface area (Å²) < 4.78 is 0. The first-order chi connectivity index (χ1) is 5.83. The molecule has 0 aromatic heterocycles. The van der Waals surface area contributed by atoms with Crippen LogP contribution in [-0.2, 0) is 4.79 Å². The predicted octanol–water partition coefficient (Wildman–Crippen LogP) is 2.56. The number of nitrogens with zero attached hydrogens (tertiary/aromatic N) is 1. The van der Waals surface area contributed by atoms with Crippen molar-refractivity contribution in [2.75, 3.05) is 0 Å². The zero-order valence-electron chi connectivity index (χ0n) is 6.20. The maximum Gasteiger partial charge on any atom is 0.241 e. The van der Waals surface area contributed by atoms with Crippen LogP contribution in [-0.4, -0.2) is 6.08 Å². The Balaban J connectivity index is 2.88. The summed E-state index contributed by atoms with van der Waals surface area (Å²) in [6.07, 6.45) is 2.95. The van der Waals surface area contributed by atoms with Crippen LogP contribution in [0, 0.1) is 0 Å². The maximum atomic E-state index is 9.79. The zero-order valence-corrected chi connectivity index (χ0v) is 6.95. The molecule has 1 aromatic carbocycles. The van der Waals surface area contributed by atoms with Gasteiger partial charge in [0.05, 0.1) is 0 Å². The minimum absolute atomic E-state index is 0.135. The molecule has 0 atom stereocenters. The second-order valence-electron chi connectivity index (χ2n) is 2.08. The maximum absolute atomic E-state index is 9.79. The first-order valence-corrected chi connectivity index (χ1v) is 3.71. The summed E-state index contributed by atoms with van der Waals surface area (Å²) in [6, 6.07) is 9.38. The van der Waals surface area contributed by atoms with E-state index in [2.05, 4.69) is 4.99 Å². The number of aliphatic imine (C=N–C) groups is 1. The van der Waals surface area contributed by atoms with Gasteiger partial charge in [-0.3, -0.25) is 0 Å². The quantitative estimate of drug-likeness (QED) is 0.390. The highest BCUT2D eigenvalue weighted by Crippen LogP contribution is 2.09. The lowest BCUT2D eigenvalue weighted by Gasteiger charge is -1.89. The van der Waals surface area contributed by atoms with Gasteiger partial charge in [0, 0.05) is 0 Å². The molecular formula is C9H6ClNO. The van der Waals surface area contributed by atoms with Crippen molar-refractivity contribution >= 4 is 23.8 Å². The summed E-state index contributed by atoms with van der Waals surface area (Å²) in [5.74, 6) is 0. The SMILES string of the molecule is O=C=N/C(Cl)=C/c1ccccc1. The van der Waals surface area contributed by atoms with Gasteiger partial charge in [-0.25, -0.2) is 4.79 Å². The molecule has 0 aliphatic heterocycles. The Bertz CT molecular complexity index is 326. The smallest absolute Gasteiger partial charge is 0.211 e. The highest BCUT2D eigenvalue weighted by molar-refractivity contribution is 6.31.